The maximum Gasteiger partial charge on any atom is 0.234 e. The van der Waals surface area contributed by atoms with Crippen molar-refractivity contribution in [3.05, 3.63) is 89.6 Å². The van der Waals surface area contributed by atoms with Crippen molar-refractivity contribution >= 4 is 11.7 Å². The van der Waals surface area contributed by atoms with Crippen LogP contribution in [-0.2, 0) is 16.0 Å². The van der Waals surface area contributed by atoms with Crippen LogP contribution in [-0.4, -0.2) is 43.3 Å². The molecule has 1 aliphatic rings. The fraction of sp³-hybridized carbons (Fsp3) is 0.321. The number of ether oxygens (including phenoxy) is 2. The Labute approximate surface area is 206 Å². The molecule has 0 bridgehead atoms. The number of pyridine rings is 1. The first kappa shape index (κ1) is 24.4. The van der Waals surface area contributed by atoms with Crippen LogP contribution in [0.3, 0.4) is 0 Å². The van der Waals surface area contributed by atoms with Crippen molar-refractivity contribution in [2.75, 3.05) is 31.6 Å². The highest BCUT2D eigenvalue weighted by Crippen LogP contribution is 2.21. The molecular formula is C28H30N4O3. The largest absolute Gasteiger partial charge is 0.489 e. The minimum Gasteiger partial charge on any atom is -0.489 e. The number of amides is 1. The molecule has 1 atom stereocenters. The topological polar surface area (TPSA) is 96.3 Å². The fourth-order valence-electron chi connectivity index (χ4n) is 4.00. The van der Waals surface area contributed by atoms with Gasteiger partial charge >= 0.3 is 0 Å². The number of nitrogens with zero attached hydrogens (tertiary/aromatic N) is 2. The van der Waals surface area contributed by atoms with Gasteiger partial charge in [-0.3, -0.25) is 4.79 Å². The zero-order chi connectivity index (χ0) is 24.3. The summed E-state index contributed by atoms with van der Waals surface area (Å²) in [5, 5.41) is 15.3. The van der Waals surface area contributed by atoms with Crippen LogP contribution in [0.25, 0.3) is 0 Å². The summed E-state index contributed by atoms with van der Waals surface area (Å²) in [5.74, 6) is 0.705. The molecule has 4 rings (SSSR count). The number of hydrogen-bond donors (Lipinski definition) is 2. The highest BCUT2D eigenvalue weighted by Gasteiger charge is 2.21. The summed E-state index contributed by atoms with van der Waals surface area (Å²) in [4.78, 5) is 17.6. The third-order valence-corrected chi connectivity index (χ3v) is 6.00. The number of carbonyl (C=O) groups excluding carboxylic acids is 1. The Bertz CT molecular complexity index is 1110. The van der Waals surface area contributed by atoms with E-state index in [0.29, 0.717) is 36.9 Å². The summed E-state index contributed by atoms with van der Waals surface area (Å²) in [6, 6.07) is 23.0. The summed E-state index contributed by atoms with van der Waals surface area (Å²) in [6.07, 6.45) is 4.35. The zero-order valence-corrected chi connectivity index (χ0v) is 19.7. The number of rotatable bonds is 10. The van der Waals surface area contributed by atoms with Gasteiger partial charge in [0, 0.05) is 19.4 Å². The summed E-state index contributed by atoms with van der Waals surface area (Å²) in [6.45, 7) is 2.65. The predicted octanol–water partition coefficient (Wildman–Crippen LogP) is 4.07. The van der Waals surface area contributed by atoms with Gasteiger partial charge in [0.05, 0.1) is 37.0 Å². The van der Waals surface area contributed by atoms with Gasteiger partial charge in [0.1, 0.15) is 17.7 Å². The van der Waals surface area contributed by atoms with Crippen LogP contribution in [0.5, 0.6) is 5.75 Å². The molecular weight excluding hydrogens is 440 g/mol. The molecule has 1 fully saturated rings. The van der Waals surface area contributed by atoms with Crippen molar-refractivity contribution in [3.8, 4) is 11.8 Å². The molecule has 1 amide bonds. The molecule has 1 aromatic heterocycles. The fourth-order valence-corrected chi connectivity index (χ4v) is 4.00. The van der Waals surface area contributed by atoms with E-state index in [1.807, 2.05) is 60.7 Å². The van der Waals surface area contributed by atoms with Crippen molar-refractivity contribution in [2.24, 2.45) is 0 Å². The lowest BCUT2D eigenvalue weighted by Gasteiger charge is -2.23. The number of carbonyl (C=O) groups is 1. The minimum atomic E-state index is -0.364. The van der Waals surface area contributed by atoms with Crippen LogP contribution in [0.4, 0.5) is 5.82 Å². The maximum atomic E-state index is 13.2. The number of hydrogen-bond acceptors (Lipinski definition) is 6. The number of aromatic nitrogens is 1. The lowest BCUT2D eigenvalue weighted by atomic mass is 9.98. The highest BCUT2D eigenvalue weighted by atomic mass is 16.5. The van der Waals surface area contributed by atoms with Crippen molar-refractivity contribution in [3.63, 3.8) is 0 Å². The Hall–Kier alpha value is -3.73. The van der Waals surface area contributed by atoms with E-state index in [4.69, 9.17) is 14.7 Å². The van der Waals surface area contributed by atoms with Crippen LogP contribution in [0, 0.1) is 11.3 Å². The van der Waals surface area contributed by atoms with Crippen LogP contribution in [0.15, 0.2) is 72.9 Å². The molecule has 3 aromatic rings. The first-order valence-electron chi connectivity index (χ1n) is 12.0. The number of nitriles is 1. The Kier molecular flexibility index (Phi) is 8.82. The quantitative estimate of drug-likeness (QED) is 0.434. The SMILES string of the molecule is N#Cc1ccc(CCNCC(C(=O)Nc2ccc(OC3CCOCC3)cn2)c2ccccc2)cc1. The Morgan fingerprint density at radius 2 is 1.86 bits per heavy atom. The van der Waals surface area contributed by atoms with Crippen molar-refractivity contribution < 1.29 is 14.3 Å². The second-order valence-electron chi connectivity index (χ2n) is 8.52. The summed E-state index contributed by atoms with van der Waals surface area (Å²) in [5.41, 5.74) is 2.74. The normalized spacial score (nSPS) is 14.6. The van der Waals surface area contributed by atoms with E-state index < -0.39 is 0 Å². The summed E-state index contributed by atoms with van der Waals surface area (Å²) in [7, 11) is 0. The van der Waals surface area contributed by atoms with Gasteiger partial charge in [-0.25, -0.2) is 4.98 Å². The Morgan fingerprint density at radius 3 is 2.54 bits per heavy atom. The molecule has 0 saturated carbocycles. The lowest BCUT2D eigenvalue weighted by molar-refractivity contribution is -0.117. The third kappa shape index (κ3) is 7.38. The van der Waals surface area contributed by atoms with Crippen LogP contribution in [0.1, 0.15) is 35.4 Å². The molecule has 0 radical (unpaired) electrons. The first-order valence-corrected chi connectivity index (χ1v) is 12.0. The van der Waals surface area contributed by atoms with E-state index >= 15 is 0 Å². The smallest absolute Gasteiger partial charge is 0.234 e. The van der Waals surface area contributed by atoms with Crippen LogP contribution in [0.2, 0.25) is 0 Å². The van der Waals surface area contributed by atoms with E-state index in [1.165, 1.54) is 0 Å². The van der Waals surface area contributed by atoms with Gasteiger partial charge in [-0.2, -0.15) is 5.26 Å². The molecule has 35 heavy (non-hydrogen) atoms. The van der Waals surface area contributed by atoms with Gasteiger partial charge in [0.15, 0.2) is 0 Å². The van der Waals surface area contributed by atoms with E-state index in [9.17, 15) is 4.79 Å². The molecule has 2 N–H and O–H groups in total. The van der Waals surface area contributed by atoms with Gasteiger partial charge in [0.2, 0.25) is 5.91 Å². The summed E-state index contributed by atoms with van der Waals surface area (Å²) < 4.78 is 11.3. The Morgan fingerprint density at radius 1 is 1.09 bits per heavy atom. The molecule has 7 nitrogen and oxygen atoms in total. The molecule has 1 unspecified atom stereocenters. The third-order valence-electron chi connectivity index (χ3n) is 6.00. The van der Waals surface area contributed by atoms with Gasteiger partial charge in [-0.15, -0.1) is 0 Å². The average molecular weight is 471 g/mol. The molecule has 2 heterocycles. The number of anilines is 1. The minimum absolute atomic E-state index is 0.118. The second-order valence-corrected chi connectivity index (χ2v) is 8.52. The highest BCUT2D eigenvalue weighted by molar-refractivity contribution is 5.95. The van der Waals surface area contributed by atoms with E-state index in [0.717, 1.165) is 36.9 Å². The maximum absolute atomic E-state index is 13.2. The van der Waals surface area contributed by atoms with E-state index in [-0.39, 0.29) is 17.9 Å². The lowest BCUT2D eigenvalue weighted by Crippen LogP contribution is -2.32. The summed E-state index contributed by atoms with van der Waals surface area (Å²) >= 11 is 0. The predicted molar refractivity (Wildman–Crippen MR) is 134 cm³/mol. The molecule has 180 valence electrons. The number of benzene rings is 2. The molecule has 0 spiro atoms. The zero-order valence-electron chi connectivity index (χ0n) is 19.7. The monoisotopic (exact) mass is 470 g/mol. The van der Waals surface area contributed by atoms with E-state index in [2.05, 4.69) is 21.7 Å². The molecule has 1 saturated heterocycles. The molecule has 1 aliphatic heterocycles. The van der Waals surface area contributed by atoms with Gasteiger partial charge in [-0.05, 0) is 48.4 Å². The standard InChI is InChI=1S/C28H30N4O3/c29-18-22-8-6-21(7-9-22)12-15-30-20-26(23-4-2-1-3-5-23)28(33)32-27-11-10-25(19-31-27)35-24-13-16-34-17-14-24/h1-11,19,24,26,30H,12-17,20H2,(H,31,32,33). The number of nitrogens with one attached hydrogen (secondary N) is 2. The molecule has 7 heteroatoms. The van der Waals surface area contributed by atoms with Crippen LogP contribution >= 0.6 is 0 Å². The van der Waals surface area contributed by atoms with Crippen molar-refractivity contribution in [1.82, 2.24) is 10.3 Å². The van der Waals surface area contributed by atoms with Crippen molar-refractivity contribution in [1.29, 1.82) is 5.26 Å². The van der Waals surface area contributed by atoms with Crippen molar-refractivity contribution in [2.45, 2.75) is 31.3 Å². The van der Waals surface area contributed by atoms with Crippen LogP contribution < -0.4 is 15.4 Å². The second kappa shape index (κ2) is 12.7. The average Bonchev–Trinajstić information content (AvgIpc) is 2.91. The molecule has 0 aliphatic carbocycles. The van der Waals surface area contributed by atoms with E-state index in [1.54, 1.807) is 12.3 Å². The van der Waals surface area contributed by atoms with Gasteiger partial charge in [-0.1, -0.05) is 42.5 Å². The Balaban J connectivity index is 1.32. The van der Waals surface area contributed by atoms with Gasteiger partial charge < -0.3 is 20.1 Å². The first-order chi connectivity index (χ1) is 17.2. The van der Waals surface area contributed by atoms with Gasteiger partial charge in [0.25, 0.3) is 0 Å². The molecule has 2 aromatic carbocycles.